The van der Waals surface area contributed by atoms with Gasteiger partial charge >= 0.3 is 0 Å². The van der Waals surface area contributed by atoms with Gasteiger partial charge in [0, 0.05) is 16.2 Å². The fourth-order valence-corrected chi connectivity index (χ4v) is 2.20. The van der Waals surface area contributed by atoms with Gasteiger partial charge in [0.05, 0.1) is 13.2 Å². The van der Waals surface area contributed by atoms with E-state index in [9.17, 15) is 9.90 Å². The highest BCUT2D eigenvalue weighted by molar-refractivity contribution is 9.10. The first-order chi connectivity index (χ1) is 9.01. The van der Waals surface area contributed by atoms with Gasteiger partial charge in [0.25, 0.3) is 0 Å². The number of hydrogen-bond donors (Lipinski definition) is 3. The van der Waals surface area contributed by atoms with E-state index >= 15 is 0 Å². The second kappa shape index (κ2) is 8.30. The Balaban J connectivity index is 2.38. The molecule has 0 spiro atoms. The minimum atomic E-state index is -0.111. The Kier molecular flexibility index (Phi) is 7.05. The molecule has 1 aromatic rings. The number of halogens is 1. The maximum Gasteiger partial charge on any atom is 0.238 e. The monoisotopic (exact) mass is 328 g/mol. The van der Waals surface area contributed by atoms with Crippen LogP contribution in [0.2, 0.25) is 0 Å². The lowest BCUT2D eigenvalue weighted by molar-refractivity contribution is -0.115. The summed E-state index contributed by atoms with van der Waals surface area (Å²) < 4.78 is 0.923. The van der Waals surface area contributed by atoms with Crippen LogP contribution in [0, 0.1) is 5.92 Å². The molecule has 0 bridgehead atoms. The van der Waals surface area contributed by atoms with E-state index in [4.69, 9.17) is 0 Å². The third kappa shape index (κ3) is 6.71. The first kappa shape index (κ1) is 16.1. The summed E-state index contributed by atoms with van der Waals surface area (Å²) in [6.07, 6.45) is 0.848. The zero-order valence-corrected chi connectivity index (χ0v) is 12.9. The molecule has 1 amide bonds. The third-order valence-corrected chi connectivity index (χ3v) is 3.13. The van der Waals surface area contributed by atoms with Crippen LogP contribution in [0.5, 0.6) is 0 Å². The van der Waals surface area contributed by atoms with E-state index < -0.39 is 0 Å². The number of carbonyl (C=O) groups excluding carboxylic acids is 1. The molecule has 3 N–H and O–H groups in total. The van der Waals surface area contributed by atoms with Crippen molar-refractivity contribution in [3.8, 4) is 0 Å². The van der Waals surface area contributed by atoms with Gasteiger partial charge in [0.1, 0.15) is 0 Å². The van der Waals surface area contributed by atoms with Crippen molar-refractivity contribution >= 4 is 27.5 Å². The first-order valence-corrected chi connectivity index (χ1v) is 7.20. The molecule has 1 atom stereocenters. The van der Waals surface area contributed by atoms with Crippen molar-refractivity contribution in [2.24, 2.45) is 5.92 Å². The molecule has 0 saturated heterocycles. The van der Waals surface area contributed by atoms with Crippen molar-refractivity contribution in [1.29, 1.82) is 0 Å². The van der Waals surface area contributed by atoms with Gasteiger partial charge in [-0.05, 0) is 30.5 Å². The summed E-state index contributed by atoms with van der Waals surface area (Å²) in [5.41, 5.74) is 0.755. The van der Waals surface area contributed by atoms with E-state index in [0.29, 0.717) is 5.92 Å². The SMILES string of the molecule is CC(C)CC(CO)NCC(=O)Nc1cccc(Br)c1. The van der Waals surface area contributed by atoms with Gasteiger partial charge in [-0.1, -0.05) is 35.8 Å². The molecule has 4 nitrogen and oxygen atoms in total. The molecular formula is C14H21BrN2O2. The number of carbonyl (C=O) groups is 1. The van der Waals surface area contributed by atoms with Crippen LogP contribution < -0.4 is 10.6 Å². The second-order valence-electron chi connectivity index (χ2n) is 4.95. The van der Waals surface area contributed by atoms with Gasteiger partial charge in [0.2, 0.25) is 5.91 Å². The van der Waals surface area contributed by atoms with Crippen LogP contribution in [0.3, 0.4) is 0 Å². The zero-order chi connectivity index (χ0) is 14.3. The van der Waals surface area contributed by atoms with E-state index in [1.165, 1.54) is 0 Å². The van der Waals surface area contributed by atoms with E-state index in [2.05, 4.69) is 40.4 Å². The Morgan fingerprint density at radius 3 is 2.74 bits per heavy atom. The largest absolute Gasteiger partial charge is 0.395 e. The average Bonchev–Trinajstić information content (AvgIpc) is 2.34. The lowest BCUT2D eigenvalue weighted by Crippen LogP contribution is -2.39. The topological polar surface area (TPSA) is 61.4 Å². The summed E-state index contributed by atoms with van der Waals surface area (Å²) in [6.45, 7) is 4.42. The van der Waals surface area contributed by atoms with Crippen LogP contribution in [0.15, 0.2) is 28.7 Å². The molecule has 0 heterocycles. The van der Waals surface area contributed by atoms with Crippen LogP contribution in [-0.4, -0.2) is 30.2 Å². The van der Waals surface area contributed by atoms with Crippen molar-refractivity contribution in [1.82, 2.24) is 5.32 Å². The van der Waals surface area contributed by atoms with E-state index in [-0.39, 0.29) is 25.1 Å². The summed E-state index contributed by atoms with van der Waals surface area (Å²) in [6, 6.07) is 7.41. The van der Waals surface area contributed by atoms with Crippen molar-refractivity contribution in [2.75, 3.05) is 18.5 Å². The summed E-state index contributed by atoms with van der Waals surface area (Å²) >= 11 is 3.35. The molecule has 1 aromatic carbocycles. The molecule has 0 aliphatic rings. The number of benzene rings is 1. The molecule has 106 valence electrons. The van der Waals surface area contributed by atoms with Gasteiger partial charge in [-0.15, -0.1) is 0 Å². The molecule has 0 radical (unpaired) electrons. The number of aliphatic hydroxyl groups excluding tert-OH is 1. The lowest BCUT2D eigenvalue weighted by atomic mass is 10.0. The maximum atomic E-state index is 11.8. The maximum absolute atomic E-state index is 11.8. The van der Waals surface area contributed by atoms with Crippen LogP contribution in [0.25, 0.3) is 0 Å². The van der Waals surface area contributed by atoms with Gasteiger partial charge in [-0.25, -0.2) is 0 Å². The number of hydrogen-bond acceptors (Lipinski definition) is 3. The fraction of sp³-hybridized carbons (Fsp3) is 0.500. The quantitative estimate of drug-likeness (QED) is 0.720. The number of anilines is 1. The minimum Gasteiger partial charge on any atom is -0.395 e. The van der Waals surface area contributed by atoms with Crippen molar-refractivity contribution in [3.05, 3.63) is 28.7 Å². The van der Waals surface area contributed by atoms with Gasteiger partial charge in [-0.2, -0.15) is 0 Å². The smallest absolute Gasteiger partial charge is 0.238 e. The molecule has 1 unspecified atom stereocenters. The minimum absolute atomic E-state index is 0.0340. The molecule has 0 aromatic heterocycles. The van der Waals surface area contributed by atoms with E-state index in [1.807, 2.05) is 24.3 Å². The van der Waals surface area contributed by atoms with Gasteiger partial charge in [0.15, 0.2) is 0 Å². The van der Waals surface area contributed by atoms with Crippen LogP contribution in [0.1, 0.15) is 20.3 Å². The molecule has 5 heteroatoms. The number of rotatable bonds is 7. The molecule has 0 aliphatic heterocycles. The highest BCUT2D eigenvalue weighted by Gasteiger charge is 2.11. The van der Waals surface area contributed by atoms with Crippen LogP contribution in [0.4, 0.5) is 5.69 Å². The number of amides is 1. The fourth-order valence-electron chi connectivity index (χ4n) is 1.80. The predicted molar refractivity (Wildman–Crippen MR) is 81.1 cm³/mol. The van der Waals surface area contributed by atoms with Gasteiger partial charge in [-0.3, -0.25) is 4.79 Å². The van der Waals surface area contributed by atoms with Crippen LogP contribution >= 0.6 is 15.9 Å². The standard InChI is InChI=1S/C14H21BrN2O2/c1-10(2)6-13(9-18)16-8-14(19)17-12-5-3-4-11(15)7-12/h3-5,7,10,13,16,18H,6,8-9H2,1-2H3,(H,17,19). The molecule has 0 saturated carbocycles. The summed E-state index contributed by atoms with van der Waals surface area (Å²) in [4.78, 5) is 11.8. The van der Waals surface area contributed by atoms with Crippen molar-refractivity contribution in [2.45, 2.75) is 26.3 Å². The van der Waals surface area contributed by atoms with E-state index in [0.717, 1.165) is 16.6 Å². The zero-order valence-electron chi connectivity index (χ0n) is 11.3. The average molecular weight is 329 g/mol. The molecule has 0 fully saturated rings. The Bertz CT molecular complexity index is 410. The van der Waals surface area contributed by atoms with E-state index in [1.54, 1.807) is 0 Å². The number of nitrogens with one attached hydrogen (secondary N) is 2. The van der Waals surface area contributed by atoms with Gasteiger partial charge < -0.3 is 15.7 Å². The molecule has 0 aliphatic carbocycles. The van der Waals surface area contributed by atoms with Crippen molar-refractivity contribution < 1.29 is 9.90 Å². The summed E-state index contributed by atoms with van der Waals surface area (Å²) in [5, 5.41) is 15.1. The highest BCUT2D eigenvalue weighted by atomic mass is 79.9. The molecule has 19 heavy (non-hydrogen) atoms. The molecular weight excluding hydrogens is 308 g/mol. The Morgan fingerprint density at radius 1 is 1.42 bits per heavy atom. The Labute approximate surface area is 122 Å². The Morgan fingerprint density at radius 2 is 2.16 bits per heavy atom. The predicted octanol–water partition coefficient (Wildman–Crippen LogP) is 2.38. The second-order valence-corrected chi connectivity index (χ2v) is 5.86. The normalized spacial score (nSPS) is 12.5. The summed E-state index contributed by atoms with van der Waals surface area (Å²) in [7, 11) is 0. The van der Waals surface area contributed by atoms with Crippen LogP contribution in [-0.2, 0) is 4.79 Å². The Hall–Kier alpha value is -0.910. The number of aliphatic hydroxyl groups is 1. The van der Waals surface area contributed by atoms with Crippen molar-refractivity contribution in [3.63, 3.8) is 0 Å². The lowest BCUT2D eigenvalue weighted by Gasteiger charge is -2.18. The summed E-state index contributed by atoms with van der Waals surface area (Å²) in [5.74, 6) is 0.373. The highest BCUT2D eigenvalue weighted by Crippen LogP contribution is 2.15. The third-order valence-electron chi connectivity index (χ3n) is 2.64. The first-order valence-electron chi connectivity index (χ1n) is 6.41. The molecule has 1 rings (SSSR count).